The number of ketones is 1. The highest BCUT2D eigenvalue weighted by atomic mass is 16.5. The first kappa shape index (κ1) is 25.0. The number of aliphatic hydroxyl groups is 2. The maximum absolute atomic E-state index is 15.0. The van der Waals surface area contributed by atoms with Gasteiger partial charge in [0.15, 0.2) is 5.60 Å². The normalized spacial score (nSPS) is 33.2. The number of likely N-dealkylation sites (tertiary alicyclic amines) is 1. The van der Waals surface area contributed by atoms with Crippen LogP contribution in [-0.2, 0) is 4.74 Å². The summed E-state index contributed by atoms with van der Waals surface area (Å²) in [4.78, 5) is 17.4. The average molecular weight is 544 g/mol. The van der Waals surface area contributed by atoms with Crippen LogP contribution in [0.2, 0.25) is 0 Å². The number of carbonyl (C=O) groups excluding carboxylic acids is 1. The number of piperidine rings is 1. The van der Waals surface area contributed by atoms with Gasteiger partial charge in [0.05, 0.1) is 0 Å². The van der Waals surface area contributed by atoms with Gasteiger partial charge in [0.2, 0.25) is 5.78 Å². The minimum atomic E-state index is -1.88. The van der Waals surface area contributed by atoms with Gasteiger partial charge >= 0.3 is 0 Å². The Bertz CT molecular complexity index is 1600. The number of carbonyl (C=O) groups is 1. The lowest BCUT2D eigenvalue weighted by molar-refractivity contribution is -0.0989. The van der Waals surface area contributed by atoms with Gasteiger partial charge in [0.25, 0.3) is 0 Å². The van der Waals surface area contributed by atoms with Gasteiger partial charge in [-0.3, -0.25) is 4.79 Å². The summed E-state index contributed by atoms with van der Waals surface area (Å²) in [6, 6.07) is 26.0. The van der Waals surface area contributed by atoms with Gasteiger partial charge in [0.1, 0.15) is 18.0 Å². The van der Waals surface area contributed by atoms with Crippen LogP contribution in [0.4, 0.5) is 0 Å². The van der Waals surface area contributed by atoms with Gasteiger partial charge in [-0.15, -0.1) is 0 Å². The summed E-state index contributed by atoms with van der Waals surface area (Å²) in [5.74, 6) is 0.161. The van der Waals surface area contributed by atoms with Crippen molar-refractivity contribution in [2.45, 2.75) is 43.1 Å². The molecule has 1 unspecified atom stereocenters. The molecule has 0 aromatic heterocycles. The highest BCUT2D eigenvalue weighted by Crippen LogP contribution is 2.66. The lowest BCUT2D eigenvalue weighted by atomic mass is 9.51. The second-order valence-electron chi connectivity index (χ2n) is 12.3. The summed E-state index contributed by atoms with van der Waals surface area (Å²) < 4.78 is 6.67. The summed E-state index contributed by atoms with van der Waals surface area (Å²) in [5.41, 5.74) is 3.69. The molecule has 8 rings (SSSR count). The summed E-state index contributed by atoms with van der Waals surface area (Å²) in [5, 5.41) is 23.8. The number of hydrogen-bond donors (Lipinski definition) is 2. The number of hydrogen-bond acceptors (Lipinski definition) is 5. The first-order valence-corrected chi connectivity index (χ1v) is 14.6. The molecule has 5 heteroatoms. The van der Waals surface area contributed by atoms with Gasteiger partial charge < -0.3 is 19.8 Å². The van der Waals surface area contributed by atoms with Crippen LogP contribution in [0.15, 0.2) is 114 Å². The molecule has 1 saturated carbocycles. The van der Waals surface area contributed by atoms with E-state index in [-0.39, 0.29) is 18.1 Å². The van der Waals surface area contributed by atoms with Crippen LogP contribution in [0.5, 0.6) is 0 Å². The molecule has 2 aliphatic heterocycles. The van der Waals surface area contributed by atoms with E-state index in [1.807, 2.05) is 84.9 Å². The smallest absolute Gasteiger partial charge is 0.203 e. The van der Waals surface area contributed by atoms with E-state index < -0.39 is 23.2 Å². The maximum atomic E-state index is 15.0. The van der Waals surface area contributed by atoms with Crippen LogP contribution in [0.3, 0.4) is 0 Å². The maximum Gasteiger partial charge on any atom is 0.203 e. The Kier molecular flexibility index (Phi) is 5.40. The number of ether oxygens (including phenoxy) is 1. The molecule has 0 radical (unpaired) electrons. The van der Waals surface area contributed by atoms with Crippen LogP contribution in [0, 0.1) is 11.3 Å². The predicted molar refractivity (Wildman–Crippen MR) is 158 cm³/mol. The standard InChI is InChI=1S/C36H33NO4/c1-37-20-19-35-27-15-16-29(38)33(35)41-34-31(35)24(21-28(27)37)17-18-36(34,40)32(39)30-25(22-9-4-2-5-10-22)13-8-14-26(30)23-11-6-3-7-12-23/h2-17,27-29,33,38,40H,18-21H2,1H3/t27-,28+,29-,33-,35-,36?/m0/s1. The van der Waals surface area contributed by atoms with E-state index in [0.717, 1.165) is 52.8 Å². The zero-order valence-electron chi connectivity index (χ0n) is 23.0. The molecule has 0 amide bonds. The van der Waals surface area contributed by atoms with Crippen molar-refractivity contribution in [1.82, 2.24) is 4.90 Å². The van der Waals surface area contributed by atoms with Gasteiger partial charge in [-0.1, -0.05) is 97.1 Å². The third kappa shape index (κ3) is 3.31. The molecule has 5 nitrogen and oxygen atoms in total. The zero-order chi connectivity index (χ0) is 27.9. The molecular formula is C36H33NO4. The van der Waals surface area contributed by atoms with Crippen molar-refractivity contribution in [2.24, 2.45) is 11.3 Å². The van der Waals surface area contributed by atoms with E-state index in [9.17, 15) is 15.0 Å². The lowest BCUT2D eigenvalue weighted by Gasteiger charge is -2.58. The van der Waals surface area contributed by atoms with Crippen LogP contribution in [0.25, 0.3) is 22.3 Å². The largest absolute Gasteiger partial charge is 0.487 e. The summed E-state index contributed by atoms with van der Waals surface area (Å²) in [6.07, 6.45) is 6.58. The average Bonchev–Trinajstić information content (AvgIpc) is 3.38. The molecule has 206 valence electrons. The molecule has 2 fully saturated rings. The van der Waals surface area contributed by atoms with Crippen molar-refractivity contribution in [3.05, 3.63) is 120 Å². The van der Waals surface area contributed by atoms with Gasteiger partial charge in [-0.05, 0) is 54.3 Å². The highest BCUT2D eigenvalue weighted by molar-refractivity contribution is 6.13. The first-order chi connectivity index (χ1) is 19.9. The summed E-state index contributed by atoms with van der Waals surface area (Å²) in [7, 11) is 2.17. The quantitative estimate of drug-likeness (QED) is 0.333. The van der Waals surface area contributed by atoms with Crippen molar-refractivity contribution < 1.29 is 19.7 Å². The van der Waals surface area contributed by atoms with E-state index >= 15 is 0 Å². The SMILES string of the molecule is CN1CC[C@]23C4=C5O[C@H]2[C@@H](O)C=C[C@H]3[C@H]1CC4=CCC5(O)C(=O)c1c(-c2ccccc2)cccc1-c1ccccc1. The van der Waals surface area contributed by atoms with Crippen molar-refractivity contribution >= 4 is 5.78 Å². The molecule has 2 N–H and O–H groups in total. The molecule has 1 spiro atoms. The number of nitrogens with zero attached hydrogens (tertiary/aromatic N) is 1. The minimum absolute atomic E-state index is 0.144. The number of rotatable bonds is 4. The van der Waals surface area contributed by atoms with Crippen LogP contribution in [0.1, 0.15) is 29.6 Å². The molecule has 41 heavy (non-hydrogen) atoms. The molecule has 5 aliphatic rings. The Labute approximate surface area is 240 Å². The Hall–Kier alpha value is -3.77. The molecule has 3 aliphatic carbocycles. The van der Waals surface area contributed by atoms with Gasteiger partial charge in [-0.2, -0.15) is 0 Å². The highest BCUT2D eigenvalue weighted by Gasteiger charge is 2.68. The second kappa shape index (κ2) is 8.86. The third-order valence-electron chi connectivity index (χ3n) is 10.3. The number of benzene rings is 3. The molecule has 2 heterocycles. The molecule has 2 bridgehead atoms. The predicted octanol–water partition coefficient (Wildman–Crippen LogP) is 5.56. The minimum Gasteiger partial charge on any atom is -0.487 e. The molecule has 1 saturated heterocycles. The van der Waals surface area contributed by atoms with E-state index in [2.05, 4.69) is 24.1 Å². The number of Topliss-reactive ketones (excluding diaryl/α,β-unsaturated/α-hetero) is 1. The van der Waals surface area contributed by atoms with E-state index in [4.69, 9.17) is 4.74 Å². The monoisotopic (exact) mass is 543 g/mol. The van der Waals surface area contributed by atoms with Crippen molar-refractivity contribution in [1.29, 1.82) is 0 Å². The fourth-order valence-corrected chi connectivity index (χ4v) is 8.41. The van der Waals surface area contributed by atoms with E-state index in [1.165, 1.54) is 0 Å². The van der Waals surface area contributed by atoms with Crippen LogP contribution < -0.4 is 0 Å². The van der Waals surface area contributed by atoms with Crippen LogP contribution in [-0.4, -0.2) is 58.3 Å². The zero-order valence-corrected chi connectivity index (χ0v) is 23.0. The van der Waals surface area contributed by atoms with Gasteiger partial charge in [-0.25, -0.2) is 0 Å². The second-order valence-corrected chi connectivity index (χ2v) is 12.3. The first-order valence-electron chi connectivity index (χ1n) is 14.6. The Morgan fingerprint density at radius 1 is 0.927 bits per heavy atom. The lowest BCUT2D eigenvalue weighted by Crippen LogP contribution is -2.62. The number of aliphatic hydroxyl groups excluding tert-OH is 1. The topological polar surface area (TPSA) is 70.0 Å². The Balaban J connectivity index is 1.33. The van der Waals surface area contributed by atoms with E-state index in [1.54, 1.807) is 0 Å². The molecular weight excluding hydrogens is 510 g/mol. The van der Waals surface area contributed by atoms with E-state index in [0.29, 0.717) is 17.4 Å². The Morgan fingerprint density at radius 2 is 1.59 bits per heavy atom. The molecule has 3 aromatic rings. The Morgan fingerprint density at radius 3 is 2.24 bits per heavy atom. The molecule has 6 atom stereocenters. The summed E-state index contributed by atoms with van der Waals surface area (Å²) in [6.45, 7) is 0.882. The van der Waals surface area contributed by atoms with Crippen molar-refractivity contribution in [3.63, 3.8) is 0 Å². The fraction of sp³-hybridized carbons (Fsp3) is 0.306. The fourth-order valence-electron chi connectivity index (χ4n) is 8.41. The van der Waals surface area contributed by atoms with Crippen molar-refractivity contribution in [3.8, 4) is 22.3 Å². The van der Waals surface area contributed by atoms with Gasteiger partial charge in [0, 0.05) is 34.9 Å². The molecule has 3 aromatic carbocycles. The van der Waals surface area contributed by atoms with Crippen molar-refractivity contribution in [2.75, 3.05) is 13.6 Å². The summed E-state index contributed by atoms with van der Waals surface area (Å²) >= 11 is 0. The van der Waals surface area contributed by atoms with Crippen LogP contribution >= 0.6 is 0 Å². The third-order valence-corrected chi connectivity index (χ3v) is 10.3.